The van der Waals surface area contributed by atoms with Crippen LogP contribution in [0.5, 0.6) is 11.5 Å². The summed E-state index contributed by atoms with van der Waals surface area (Å²) in [6.07, 6.45) is -0.789. The zero-order valence-corrected chi connectivity index (χ0v) is 14.0. The molecule has 0 aliphatic heterocycles. The Balaban J connectivity index is 2.01. The Bertz CT molecular complexity index is 680. The predicted molar refractivity (Wildman–Crippen MR) is 90.0 cm³/mol. The standard InChI is InChI=1S/C17H17F2NO3S/c1-11(23-13-9-7-12(22-2)8-10-13)16(21)20-14-5-3-4-6-15(14)24-17(18)19/h3-11,17H,1-2H3,(H,20,21). The zero-order chi connectivity index (χ0) is 17.5. The van der Waals surface area contributed by atoms with E-state index in [1.54, 1.807) is 56.5 Å². The second-order valence-electron chi connectivity index (χ2n) is 4.80. The van der Waals surface area contributed by atoms with E-state index in [2.05, 4.69) is 5.32 Å². The van der Waals surface area contributed by atoms with Gasteiger partial charge in [-0.25, -0.2) is 0 Å². The van der Waals surface area contributed by atoms with E-state index in [0.717, 1.165) is 0 Å². The normalized spacial score (nSPS) is 11.9. The van der Waals surface area contributed by atoms with E-state index >= 15 is 0 Å². The quantitative estimate of drug-likeness (QED) is 0.749. The fourth-order valence-corrected chi connectivity index (χ4v) is 2.51. The Kier molecular flexibility index (Phi) is 6.43. The Hall–Kier alpha value is -2.28. The van der Waals surface area contributed by atoms with Gasteiger partial charge in [-0.3, -0.25) is 4.79 Å². The number of halogens is 2. The van der Waals surface area contributed by atoms with E-state index in [1.807, 2.05) is 0 Å². The van der Waals surface area contributed by atoms with Crippen molar-refractivity contribution < 1.29 is 23.0 Å². The molecule has 7 heteroatoms. The van der Waals surface area contributed by atoms with Gasteiger partial charge in [0.2, 0.25) is 0 Å². The van der Waals surface area contributed by atoms with Gasteiger partial charge in [0.05, 0.1) is 12.8 Å². The van der Waals surface area contributed by atoms with Crippen molar-refractivity contribution in [2.45, 2.75) is 23.7 Å². The Morgan fingerprint density at radius 1 is 1.08 bits per heavy atom. The van der Waals surface area contributed by atoms with Crippen molar-refractivity contribution in [3.05, 3.63) is 48.5 Å². The topological polar surface area (TPSA) is 47.6 Å². The van der Waals surface area contributed by atoms with E-state index < -0.39 is 17.8 Å². The van der Waals surface area contributed by atoms with Crippen LogP contribution < -0.4 is 14.8 Å². The molecule has 0 heterocycles. The fraction of sp³-hybridized carbons (Fsp3) is 0.235. The number of benzene rings is 2. The first-order valence-electron chi connectivity index (χ1n) is 7.15. The number of nitrogens with one attached hydrogen (secondary N) is 1. The van der Waals surface area contributed by atoms with Crippen LogP contribution in [0.25, 0.3) is 0 Å². The number of carbonyl (C=O) groups excluding carboxylic acids is 1. The summed E-state index contributed by atoms with van der Waals surface area (Å²) in [5.41, 5.74) is 0.331. The number of alkyl halides is 2. The first-order valence-corrected chi connectivity index (χ1v) is 8.03. The highest BCUT2D eigenvalue weighted by molar-refractivity contribution is 7.99. The number of hydrogen-bond donors (Lipinski definition) is 1. The molecule has 0 bridgehead atoms. The molecule has 0 saturated heterocycles. The van der Waals surface area contributed by atoms with E-state index in [-0.39, 0.29) is 0 Å². The lowest BCUT2D eigenvalue weighted by atomic mass is 10.3. The van der Waals surface area contributed by atoms with Crippen LogP contribution in [0.3, 0.4) is 0 Å². The first-order chi connectivity index (χ1) is 11.5. The van der Waals surface area contributed by atoms with Crippen molar-refractivity contribution in [1.29, 1.82) is 0 Å². The van der Waals surface area contributed by atoms with Gasteiger partial charge in [-0.05, 0) is 43.3 Å². The fourth-order valence-electron chi connectivity index (χ4n) is 1.91. The molecule has 0 saturated carbocycles. The van der Waals surface area contributed by atoms with Gasteiger partial charge in [0.15, 0.2) is 6.10 Å². The molecule has 4 nitrogen and oxygen atoms in total. The first kappa shape index (κ1) is 18.1. The monoisotopic (exact) mass is 353 g/mol. The van der Waals surface area contributed by atoms with Gasteiger partial charge in [0, 0.05) is 4.90 Å². The summed E-state index contributed by atoms with van der Waals surface area (Å²) >= 11 is 0.384. The maximum atomic E-state index is 12.6. The summed E-state index contributed by atoms with van der Waals surface area (Å²) in [7, 11) is 1.56. The number of ether oxygens (including phenoxy) is 2. The number of methoxy groups -OCH3 is 1. The third-order valence-electron chi connectivity index (χ3n) is 3.10. The Morgan fingerprint density at radius 3 is 2.33 bits per heavy atom. The second-order valence-corrected chi connectivity index (χ2v) is 5.83. The van der Waals surface area contributed by atoms with Crippen molar-refractivity contribution in [2.75, 3.05) is 12.4 Å². The molecular formula is C17H17F2NO3S. The van der Waals surface area contributed by atoms with Crippen molar-refractivity contribution in [3.63, 3.8) is 0 Å². The van der Waals surface area contributed by atoms with Crippen molar-refractivity contribution in [1.82, 2.24) is 0 Å². The van der Waals surface area contributed by atoms with E-state index in [9.17, 15) is 13.6 Å². The largest absolute Gasteiger partial charge is 0.497 e. The number of para-hydroxylation sites is 1. The Labute approximate surface area is 143 Å². The zero-order valence-electron chi connectivity index (χ0n) is 13.2. The average molecular weight is 353 g/mol. The SMILES string of the molecule is COc1ccc(OC(C)C(=O)Nc2ccccc2SC(F)F)cc1. The lowest BCUT2D eigenvalue weighted by molar-refractivity contribution is -0.122. The van der Waals surface area contributed by atoms with Crippen molar-refractivity contribution in [3.8, 4) is 11.5 Å². The van der Waals surface area contributed by atoms with Crippen LogP contribution in [-0.4, -0.2) is 24.9 Å². The van der Waals surface area contributed by atoms with Gasteiger partial charge in [-0.15, -0.1) is 0 Å². The molecule has 0 aliphatic carbocycles. The van der Waals surface area contributed by atoms with Gasteiger partial charge in [0.1, 0.15) is 11.5 Å². The molecule has 0 fully saturated rings. The van der Waals surface area contributed by atoms with Crippen LogP contribution in [0, 0.1) is 0 Å². The molecule has 2 aromatic carbocycles. The smallest absolute Gasteiger partial charge is 0.288 e. The summed E-state index contributed by atoms with van der Waals surface area (Å²) in [5.74, 6) is -1.80. The van der Waals surface area contributed by atoms with Crippen LogP contribution in [0.4, 0.5) is 14.5 Å². The molecule has 1 N–H and O–H groups in total. The summed E-state index contributed by atoms with van der Waals surface area (Å²) in [4.78, 5) is 12.5. The van der Waals surface area contributed by atoms with Crippen LogP contribution in [0.1, 0.15) is 6.92 Å². The van der Waals surface area contributed by atoms with Gasteiger partial charge < -0.3 is 14.8 Å². The summed E-state index contributed by atoms with van der Waals surface area (Å²) in [6.45, 7) is 1.59. The van der Waals surface area contributed by atoms with Gasteiger partial charge in [-0.2, -0.15) is 8.78 Å². The molecule has 2 rings (SSSR count). The summed E-state index contributed by atoms with van der Waals surface area (Å²) < 4.78 is 35.7. The maximum Gasteiger partial charge on any atom is 0.288 e. The number of amides is 1. The van der Waals surface area contributed by atoms with E-state index in [0.29, 0.717) is 33.8 Å². The van der Waals surface area contributed by atoms with Crippen LogP contribution in [0.15, 0.2) is 53.4 Å². The molecule has 0 spiro atoms. The van der Waals surface area contributed by atoms with Crippen LogP contribution >= 0.6 is 11.8 Å². The highest BCUT2D eigenvalue weighted by Crippen LogP contribution is 2.31. The van der Waals surface area contributed by atoms with Gasteiger partial charge >= 0.3 is 0 Å². The van der Waals surface area contributed by atoms with E-state index in [4.69, 9.17) is 9.47 Å². The number of hydrogen-bond acceptors (Lipinski definition) is 4. The molecule has 2 aromatic rings. The Morgan fingerprint density at radius 2 is 1.71 bits per heavy atom. The molecule has 1 atom stereocenters. The van der Waals surface area contributed by atoms with Gasteiger partial charge in [-0.1, -0.05) is 23.9 Å². The highest BCUT2D eigenvalue weighted by Gasteiger charge is 2.17. The van der Waals surface area contributed by atoms with Crippen molar-refractivity contribution in [2.24, 2.45) is 0 Å². The number of anilines is 1. The minimum absolute atomic E-state index is 0.303. The molecule has 1 amide bonds. The number of carbonyl (C=O) groups is 1. The average Bonchev–Trinajstić information content (AvgIpc) is 2.56. The van der Waals surface area contributed by atoms with Crippen molar-refractivity contribution >= 4 is 23.4 Å². The van der Waals surface area contributed by atoms with Crippen LogP contribution in [0.2, 0.25) is 0 Å². The lowest BCUT2D eigenvalue weighted by Gasteiger charge is -2.16. The molecule has 128 valence electrons. The molecule has 24 heavy (non-hydrogen) atoms. The number of rotatable bonds is 7. The summed E-state index contributed by atoms with van der Waals surface area (Å²) in [5, 5.41) is 2.62. The molecular weight excluding hydrogens is 336 g/mol. The second kappa shape index (κ2) is 8.54. The molecule has 1 unspecified atom stereocenters. The molecule has 0 aliphatic rings. The molecule has 0 aromatic heterocycles. The summed E-state index contributed by atoms with van der Waals surface area (Å²) in [6, 6.07) is 13.2. The molecule has 0 radical (unpaired) electrons. The minimum Gasteiger partial charge on any atom is -0.497 e. The maximum absolute atomic E-state index is 12.6. The van der Waals surface area contributed by atoms with Crippen LogP contribution in [-0.2, 0) is 4.79 Å². The lowest BCUT2D eigenvalue weighted by Crippen LogP contribution is -2.30. The third-order valence-corrected chi connectivity index (χ3v) is 3.89. The van der Waals surface area contributed by atoms with Gasteiger partial charge in [0.25, 0.3) is 11.7 Å². The highest BCUT2D eigenvalue weighted by atomic mass is 32.2. The number of thioether (sulfide) groups is 1. The minimum atomic E-state index is -2.56. The predicted octanol–water partition coefficient (Wildman–Crippen LogP) is 4.42. The van der Waals surface area contributed by atoms with E-state index in [1.165, 1.54) is 6.07 Å². The third kappa shape index (κ3) is 5.13.